The van der Waals surface area contributed by atoms with Crippen molar-refractivity contribution >= 4 is 0 Å². The summed E-state index contributed by atoms with van der Waals surface area (Å²) in [7, 11) is 0. The summed E-state index contributed by atoms with van der Waals surface area (Å²) in [5.41, 5.74) is 0.510. The van der Waals surface area contributed by atoms with Gasteiger partial charge in [-0.3, -0.25) is 0 Å². The first-order valence-electron chi connectivity index (χ1n) is 5.02. The van der Waals surface area contributed by atoms with Gasteiger partial charge in [0.25, 0.3) is 0 Å². The fourth-order valence-corrected chi connectivity index (χ4v) is 2.25. The third-order valence-electron chi connectivity index (χ3n) is 3.33. The van der Waals surface area contributed by atoms with E-state index in [1.54, 1.807) is 0 Å². The lowest BCUT2D eigenvalue weighted by atomic mass is 9.87. The molecule has 2 heteroatoms. The molecule has 0 amide bonds. The van der Waals surface area contributed by atoms with Crippen LogP contribution in [0.5, 0.6) is 0 Å². The molecule has 2 aliphatic rings. The van der Waals surface area contributed by atoms with Crippen molar-refractivity contribution in [2.24, 2.45) is 5.41 Å². The second-order valence-electron chi connectivity index (χ2n) is 4.83. The van der Waals surface area contributed by atoms with Gasteiger partial charge < -0.3 is 10.1 Å². The van der Waals surface area contributed by atoms with Gasteiger partial charge in [0.1, 0.15) is 0 Å². The molecule has 70 valence electrons. The minimum absolute atomic E-state index is 0.510. The SMILES string of the molecule is CC1(C)CCCC1NC1COC1. The van der Waals surface area contributed by atoms with Crippen molar-refractivity contribution < 1.29 is 4.74 Å². The molecular weight excluding hydrogens is 150 g/mol. The smallest absolute Gasteiger partial charge is 0.0643 e. The Morgan fingerprint density at radius 2 is 2.08 bits per heavy atom. The predicted molar refractivity (Wildman–Crippen MR) is 49.2 cm³/mol. The molecule has 0 bridgehead atoms. The minimum atomic E-state index is 0.510. The summed E-state index contributed by atoms with van der Waals surface area (Å²) in [5.74, 6) is 0. The van der Waals surface area contributed by atoms with Crippen LogP contribution >= 0.6 is 0 Å². The van der Waals surface area contributed by atoms with Gasteiger partial charge in [-0.05, 0) is 18.3 Å². The van der Waals surface area contributed by atoms with Crippen LogP contribution in [0.3, 0.4) is 0 Å². The summed E-state index contributed by atoms with van der Waals surface area (Å²) in [4.78, 5) is 0. The van der Waals surface area contributed by atoms with Crippen LogP contribution in [-0.4, -0.2) is 25.3 Å². The Labute approximate surface area is 74.7 Å². The van der Waals surface area contributed by atoms with Gasteiger partial charge in [-0.1, -0.05) is 20.3 Å². The van der Waals surface area contributed by atoms with E-state index in [0.717, 1.165) is 19.3 Å². The molecule has 1 saturated heterocycles. The Morgan fingerprint density at radius 3 is 2.50 bits per heavy atom. The molecule has 1 atom stereocenters. The monoisotopic (exact) mass is 169 g/mol. The zero-order valence-electron chi connectivity index (χ0n) is 8.10. The summed E-state index contributed by atoms with van der Waals surface area (Å²) in [6, 6.07) is 1.37. The van der Waals surface area contributed by atoms with E-state index in [2.05, 4.69) is 19.2 Å². The van der Waals surface area contributed by atoms with E-state index in [0.29, 0.717) is 11.5 Å². The molecule has 2 fully saturated rings. The molecule has 1 heterocycles. The highest BCUT2D eigenvalue weighted by atomic mass is 16.5. The lowest BCUT2D eigenvalue weighted by Gasteiger charge is -2.35. The van der Waals surface area contributed by atoms with E-state index in [-0.39, 0.29) is 0 Å². The Bertz CT molecular complexity index is 163. The fourth-order valence-electron chi connectivity index (χ4n) is 2.25. The summed E-state index contributed by atoms with van der Waals surface area (Å²) in [6.07, 6.45) is 4.11. The molecule has 0 aromatic carbocycles. The van der Waals surface area contributed by atoms with Crippen molar-refractivity contribution in [1.82, 2.24) is 5.32 Å². The second kappa shape index (κ2) is 3.00. The van der Waals surface area contributed by atoms with Crippen LogP contribution in [0.15, 0.2) is 0 Å². The van der Waals surface area contributed by atoms with Gasteiger partial charge in [0, 0.05) is 6.04 Å². The van der Waals surface area contributed by atoms with E-state index < -0.39 is 0 Å². The van der Waals surface area contributed by atoms with Crippen LogP contribution < -0.4 is 5.32 Å². The fraction of sp³-hybridized carbons (Fsp3) is 1.00. The van der Waals surface area contributed by atoms with Crippen molar-refractivity contribution in [2.45, 2.75) is 45.2 Å². The molecule has 0 spiro atoms. The van der Waals surface area contributed by atoms with Crippen LogP contribution in [0, 0.1) is 5.41 Å². The van der Waals surface area contributed by atoms with Gasteiger partial charge in [-0.2, -0.15) is 0 Å². The number of hydrogen-bond acceptors (Lipinski definition) is 2. The van der Waals surface area contributed by atoms with Crippen LogP contribution in [-0.2, 0) is 4.74 Å². The third kappa shape index (κ3) is 1.50. The molecule has 1 unspecified atom stereocenters. The molecule has 1 saturated carbocycles. The molecule has 0 aromatic rings. The first-order valence-corrected chi connectivity index (χ1v) is 5.02. The maximum Gasteiger partial charge on any atom is 0.0643 e. The highest BCUT2D eigenvalue weighted by Gasteiger charge is 2.36. The van der Waals surface area contributed by atoms with E-state index in [1.807, 2.05) is 0 Å². The summed E-state index contributed by atoms with van der Waals surface area (Å²) >= 11 is 0. The first kappa shape index (κ1) is 8.52. The maximum atomic E-state index is 5.15. The van der Waals surface area contributed by atoms with Crippen molar-refractivity contribution in [3.63, 3.8) is 0 Å². The molecule has 12 heavy (non-hydrogen) atoms. The van der Waals surface area contributed by atoms with Gasteiger partial charge in [0.2, 0.25) is 0 Å². The zero-order chi connectivity index (χ0) is 8.60. The Kier molecular flexibility index (Phi) is 2.13. The summed E-state index contributed by atoms with van der Waals surface area (Å²) in [6.45, 7) is 6.59. The molecular formula is C10H19NO. The number of rotatable bonds is 2. The minimum Gasteiger partial charge on any atom is -0.378 e. The van der Waals surface area contributed by atoms with Crippen LogP contribution in [0.2, 0.25) is 0 Å². The Morgan fingerprint density at radius 1 is 1.33 bits per heavy atom. The maximum absolute atomic E-state index is 5.15. The lowest BCUT2D eigenvalue weighted by molar-refractivity contribution is -0.0151. The molecule has 1 N–H and O–H groups in total. The van der Waals surface area contributed by atoms with Crippen molar-refractivity contribution in [2.75, 3.05) is 13.2 Å². The molecule has 0 aromatic heterocycles. The van der Waals surface area contributed by atoms with Crippen LogP contribution in [0.4, 0.5) is 0 Å². The largest absolute Gasteiger partial charge is 0.378 e. The predicted octanol–water partition coefficient (Wildman–Crippen LogP) is 1.55. The summed E-state index contributed by atoms with van der Waals surface area (Å²) in [5, 5.41) is 3.68. The molecule has 1 aliphatic heterocycles. The topological polar surface area (TPSA) is 21.3 Å². The van der Waals surface area contributed by atoms with Crippen molar-refractivity contribution in [3.05, 3.63) is 0 Å². The van der Waals surface area contributed by atoms with E-state index in [1.165, 1.54) is 19.3 Å². The normalized spacial score (nSPS) is 35.0. The first-order chi connectivity index (χ1) is 5.68. The Balaban J connectivity index is 1.85. The van der Waals surface area contributed by atoms with Crippen LogP contribution in [0.1, 0.15) is 33.1 Å². The van der Waals surface area contributed by atoms with Gasteiger partial charge in [-0.15, -0.1) is 0 Å². The van der Waals surface area contributed by atoms with Crippen LogP contribution in [0.25, 0.3) is 0 Å². The van der Waals surface area contributed by atoms with E-state index >= 15 is 0 Å². The molecule has 0 radical (unpaired) electrons. The number of nitrogens with one attached hydrogen (secondary N) is 1. The Hall–Kier alpha value is -0.0800. The molecule has 2 nitrogen and oxygen atoms in total. The molecule has 2 rings (SSSR count). The van der Waals surface area contributed by atoms with Gasteiger partial charge in [0.05, 0.1) is 19.3 Å². The van der Waals surface area contributed by atoms with Gasteiger partial charge in [-0.25, -0.2) is 0 Å². The van der Waals surface area contributed by atoms with Crippen molar-refractivity contribution in [1.29, 1.82) is 0 Å². The average molecular weight is 169 g/mol. The molecule has 1 aliphatic carbocycles. The van der Waals surface area contributed by atoms with E-state index in [4.69, 9.17) is 4.74 Å². The quantitative estimate of drug-likeness (QED) is 0.677. The average Bonchev–Trinajstić information content (AvgIpc) is 2.21. The highest BCUT2D eigenvalue weighted by Crippen LogP contribution is 2.37. The highest BCUT2D eigenvalue weighted by molar-refractivity contribution is 4.93. The third-order valence-corrected chi connectivity index (χ3v) is 3.33. The number of ether oxygens (including phenoxy) is 1. The second-order valence-corrected chi connectivity index (χ2v) is 4.83. The summed E-state index contributed by atoms with van der Waals surface area (Å²) < 4.78 is 5.15. The van der Waals surface area contributed by atoms with Crippen molar-refractivity contribution in [3.8, 4) is 0 Å². The lowest BCUT2D eigenvalue weighted by Crippen LogP contribution is -2.53. The standard InChI is InChI=1S/C10H19NO/c1-10(2)5-3-4-9(10)11-8-6-12-7-8/h8-9,11H,3-7H2,1-2H3. The van der Waals surface area contributed by atoms with Gasteiger partial charge in [0.15, 0.2) is 0 Å². The van der Waals surface area contributed by atoms with E-state index in [9.17, 15) is 0 Å². The van der Waals surface area contributed by atoms with Gasteiger partial charge >= 0.3 is 0 Å². The zero-order valence-corrected chi connectivity index (χ0v) is 8.10. The number of hydrogen-bond donors (Lipinski definition) is 1.